The molecule has 0 rings (SSSR count). The minimum absolute atomic E-state index is 0.0309. The van der Waals surface area contributed by atoms with Crippen LogP contribution in [0.4, 0.5) is 0 Å². The van der Waals surface area contributed by atoms with Crippen molar-refractivity contribution in [2.75, 3.05) is 0 Å². The second kappa shape index (κ2) is 3.88. The Hall–Kier alpha value is -0.0500. The Balaban J connectivity index is 4.17. The van der Waals surface area contributed by atoms with Gasteiger partial charge in [0, 0.05) is 0 Å². The minimum Gasteiger partial charge on any atom is -0.289 e. The fraction of sp³-hybridized carbons (Fsp3) is 0. The van der Waals surface area contributed by atoms with E-state index in [0.717, 1.165) is 6.08 Å². The lowest BCUT2D eigenvalue weighted by molar-refractivity contribution is 1.54. The van der Waals surface area contributed by atoms with E-state index in [-0.39, 0.29) is 15.4 Å². The average molecular weight is 185 g/mol. The summed E-state index contributed by atoms with van der Waals surface area (Å²) in [6.07, 6.45) is 1.08. The second-order valence-electron chi connectivity index (χ2n) is 1.15. The molecule has 9 heavy (non-hydrogen) atoms. The van der Waals surface area contributed by atoms with Gasteiger partial charge in [0.1, 0.15) is 10.3 Å². The lowest BCUT2D eigenvalue weighted by atomic mass is 10.5. The number of hydrogen-bond donors (Lipinski definition) is 2. The fourth-order valence-corrected chi connectivity index (χ4v) is 0.503. The molecule has 0 amide bonds. The van der Waals surface area contributed by atoms with Crippen molar-refractivity contribution in [1.29, 1.82) is 10.8 Å². The van der Waals surface area contributed by atoms with Crippen LogP contribution < -0.4 is 0 Å². The number of rotatable bonds is 2. The van der Waals surface area contributed by atoms with E-state index < -0.39 is 0 Å². The molecule has 0 fully saturated rings. The molecule has 0 spiro atoms. The molecule has 0 atom stereocenters. The number of hydrogen-bond acceptors (Lipinski definition) is 2. The van der Waals surface area contributed by atoms with E-state index in [0.29, 0.717) is 0 Å². The van der Waals surface area contributed by atoms with Gasteiger partial charge in [-0.15, -0.1) is 0 Å². The molecule has 2 nitrogen and oxygen atoms in total. The van der Waals surface area contributed by atoms with Crippen LogP contribution in [0, 0.1) is 10.8 Å². The molecule has 0 unspecified atom stereocenters. The average Bonchev–Trinajstić information content (AvgIpc) is 1.63. The first kappa shape index (κ1) is 8.95. The molecule has 2 N–H and O–H groups in total. The van der Waals surface area contributed by atoms with Crippen LogP contribution in [0.5, 0.6) is 0 Å². The molecular formula is C4H3Cl3N2. The summed E-state index contributed by atoms with van der Waals surface area (Å²) in [5.41, 5.74) is 0. The molecule has 0 heterocycles. The first-order valence-electron chi connectivity index (χ1n) is 1.89. The van der Waals surface area contributed by atoms with E-state index in [2.05, 4.69) is 0 Å². The van der Waals surface area contributed by atoms with Crippen molar-refractivity contribution in [1.82, 2.24) is 0 Å². The van der Waals surface area contributed by atoms with Crippen LogP contribution in [0.2, 0.25) is 0 Å². The summed E-state index contributed by atoms with van der Waals surface area (Å²) in [7, 11) is 0. The van der Waals surface area contributed by atoms with Crippen molar-refractivity contribution in [3.63, 3.8) is 0 Å². The molecule has 0 aromatic heterocycles. The summed E-state index contributed by atoms with van der Waals surface area (Å²) >= 11 is 15.5. The Labute approximate surface area is 67.4 Å². The quantitative estimate of drug-likeness (QED) is 0.621. The van der Waals surface area contributed by atoms with Gasteiger partial charge in [-0.25, -0.2) is 0 Å². The maximum absolute atomic E-state index is 6.70. The van der Waals surface area contributed by atoms with Gasteiger partial charge < -0.3 is 0 Å². The number of allylic oxidation sites excluding steroid dienone is 2. The van der Waals surface area contributed by atoms with Crippen LogP contribution in [-0.2, 0) is 0 Å². The topological polar surface area (TPSA) is 47.7 Å². The largest absolute Gasteiger partial charge is 0.289 e. The summed E-state index contributed by atoms with van der Waals surface area (Å²) in [6.45, 7) is 0. The third-order valence-electron chi connectivity index (χ3n) is 0.463. The van der Waals surface area contributed by atoms with E-state index in [9.17, 15) is 0 Å². The molecule has 0 saturated heterocycles. The monoisotopic (exact) mass is 184 g/mol. The van der Waals surface area contributed by atoms with E-state index in [1.807, 2.05) is 0 Å². The molecule has 0 radical (unpaired) electrons. The first-order valence-corrected chi connectivity index (χ1v) is 3.03. The molecule has 0 aliphatic carbocycles. The highest BCUT2D eigenvalue weighted by Crippen LogP contribution is 2.06. The van der Waals surface area contributed by atoms with E-state index in [4.69, 9.17) is 45.6 Å². The summed E-state index contributed by atoms with van der Waals surface area (Å²) in [4.78, 5) is 0. The van der Waals surface area contributed by atoms with Gasteiger partial charge >= 0.3 is 0 Å². The lowest BCUT2D eigenvalue weighted by Crippen LogP contribution is -1.85. The maximum atomic E-state index is 6.70. The molecule has 0 aliphatic heterocycles. The standard InChI is InChI=1S/C4H3Cl3N2/c5-2(4(7)9)1-3(6)8/h1,8-9H. The molecule has 0 aliphatic rings. The Morgan fingerprint density at radius 2 is 1.56 bits per heavy atom. The molecule has 0 bridgehead atoms. The summed E-state index contributed by atoms with van der Waals surface area (Å²) in [6, 6.07) is 0. The van der Waals surface area contributed by atoms with Crippen molar-refractivity contribution in [2.45, 2.75) is 0 Å². The van der Waals surface area contributed by atoms with Crippen LogP contribution in [0.25, 0.3) is 0 Å². The van der Waals surface area contributed by atoms with E-state index >= 15 is 0 Å². The third kappa shape index (κ3) is 4.45. The summed E-state index contributed by atoms with van der Waals surface area (Å²) in [5, 5.41) is 12.8. The predicted molar refractivity (Wildman–Crippen MR) is 41.1 cm³/mol. The number of nitrogens with one attached hydrogen (secondary N) is 2. The van der Waals surface area contributed by atoms with Crippen LogP contribution in [0.15, 0.2) is 11.1 Å². The predicted octanol–water partition coefficient (Wildman–Crippen LogP) is 2.54. The molecule has 0 aromatic rings. The normalized spacial score (nSPS) is 11.2. The number of halogens is 3. The van der Waals surface area contributed by atoms with Crippen molar-refractivity contribution in [2.24, 2.45) is 0 Å². The van der Waals surface area contributed by atoms with Gasteiger partial charge in [0.25, 0.3) is 0 Å². The van der Waals surface area contributed by atoms with Crippen LogP contribution in [0.1, 0.15) is 0 Å². The van der Waals surface area contributed by atoms with Gasteiger partial charge in [-0.3, -0.25) is 10.8 Å². The summed E-state index contributed by atoms with van der Waals surface area (Å²) < 4.78 is 0. The zero-order valence-electron chi connectivity index (χ0n) is 4.21. The van der Waals surface area contributed by atoms with Gasteiger partial charge in [-0.1, -0.05) is 34.8 Å². The van der Waals surface area contributed by atoms with Gasteiger partial charge in [0.2, 0.25) is 0 Å². The molecule has 50 valence electrons. The minimum atomic E-state index is -0.318. The zero-order chi connectivity index (χ0) is 7.44. The SMILES string of the molecule is N=C(Cl)C=C(Cl)C(=N)Cl. The van der Waals surface area contributed by atoms with Gasteiger partial charge in [0.05, 0.1) is 5.03 Å². The van der Waals surface area contributed by atoms with Gasteiger partial charge in [0.15, 0.2) is 0 Å². The van der Waals surface area contributed by atoms with Gasteiger partial charge in [-0.2, -0.15) is 0 Å². The lowest BCUT2D eigenvalue weighted by Gasteiger charge is -1.87. The van der Waals surface area contributed by atoms with Gasteiger partial charge in [-0.05, 0) is 6.08 Å². The Morgan fingerprint density at radius 3 is 1.67 bits per heavy atom. The highest BCUT2D eigenvalue weighted by atomic mass is 35.5. The van der Waals surface area contributed by atoms with E-state index in [1.165, 1.54) is 0 Å². The zero-order valence-corrected chi connectivity index (χ0v) is 6.48. The maximum Gasteiger partial charge on any atom is 0.139 e. The molecule has 0 aromatic carbocycles. The fourth-order valence-electron chi connectivity index (χ4n) is 0.175. The van der Waals surface area contributed by atoms with Crippen LogP contribution >= 0.6 is 34.8 Å². The molecule has 0 saturated carbocycles. The Kier molecular flexibility index (Phi) is 3.86. The van der Waals surface area contributed by atoms with Crippen molar-refractivity contribution < 1.29 is 0 Å². The molecule has 5 heteroatoms. The van der Waals surface area contributed by atoms with Crippen molar-refractivity contribution in [3.05, 3.63) is 11.1 Å². The van der Waals surface area contributed by atoms with Crippen LogP contribution in [0.3, 0.4) is 0 Å². The van der Waals surface area contributed by atoms with Crippen molar-refractivity contribution in [3.8, 4) is 0 Å². The van der Waals surface area contributed by atoms with Crippen LogP contribution in [-0.4, -0.2) is 10.3 Å². The Bertz CT molecular complexity index is 173. The highest BCUT2D eigenvalue weighted by molar-refractivity contribution is 6.77. The summed E-state index contributed by atoms with van der Waals surface area (Å²) in [5.74, 6) is 0. The second-order valence-corrected chi connectivity index (χ2v) is 2.35. The molecular weight excluding hydrogens is 182 g/mol. The highest BCUT2D eigenvalue weighted by Gasteiger charge is 1.96. The third-order valence-corrected chi connectivity index (χ3v) is 1.17. The smallest absolute Gasteiger partial charge is 0.139 e. The Morgan fingerprint density at radius 1 is 1.11 bits per heavy atom. The first-order chi connectivity index (χ1) is 4.04. The van der Waals surface area contributed by atoms with E-state index in [1.54, 1.807) is 0 Å². The van der Waals surface area contributed by atoms with Crippen molar-refractivity contribution >= 4 is 45.1 Å².